The molecule has 0 spiro atoms. The smallest absolute Gasteiger partial charge is 0.226 e. The van der Waals surface area contributed by atoms with E-state index in [9.17, 15) is 0 Å². The van der Waals surface area contributed by atoms with Crippen molar-refractivity contribution in [1.82, 2.24) is 9.97 Å². The molecule has 0 radical (unpaired) electrons. The molecule has 1 fully saturated rings. The number of hydrogen-bond donors (Lipinski definition) is 2. The molecule has 0 saturated heterocycles. The van der Waals surface area contributed by atoms with Gasteiger partial charge < -0.3 is 10.6 Å². The van der Waals surface area contributed by atoms with Crippen molar-refractivity contribution in [2.75, 3.05) is 17.2 Å². The van der Waals surface area contributed by atoms with Crippen molar-refractivity contribution in [1.29, 1.82) is 0 Å². The van der Waals surface area contributed by atoms with E-state index >= 15 is 0 Å². The van der Waals surface area contributed by atoms with Gasteiger partial charge in [0.25, 0.3) is 0 Å². The van der Waals surface area contributed by atoms with Crippen LogP contribution in [0.1, 0.15) is 45.4 Å². The molecule has 0 amide bonds. The summed E-state index contributed by atoms with van der Waals surface area (Å²) in [5, 5.41) is 10.2. The number of nitrogens with zero attached hydrogens (tertiary/aromatic N) is 2. The van der Waals surface area contributed by atoms with Gasteiger partial charge in [0.2, 0.25) is 5.95 Å². The van der Waals surface area contributed by atoms with Crippen LogP contribution in [-0.2, 0) is 0 Å². The van der Waals surface area contributed by atoms with Crippen LogP contribution in [0.2, 0.25) is 0 Å². The molecule has 3 rings (SSSR count). The normalized spacial score (nSPS) is 16.4. The average Bonchev–Trinajstić information content (AvgIpc) is 2.95. The lowest BCUT2D eigenvalue weighted by Crippen LogP contribution is -2.23. The molecule has 0 bridgehead atoms. The number of thiophene rings is 1. The quantitative estimate of drug-likeness (QED) is 0.864. The van der Waals surface area contributed by atoms with E-state index in [4.69, 9.17) is 0 Å². The van der Waals surface area contributed by atoms with Crippen LogP contribution in [0.5, 0.6) is 0 Å². The van der Waals surface area contributed by atoms with Gasteiger partial charge in [0, 0.05) is 12.6 Å². The SMILES string of the molecule is CCCNc1nc(NC2CCCCC2)c2ccsc2n1. The first kappa shape index (κ1) is 13.6. The summed E-state index contributed by atoms with van der Waals surface area (Å²) in [5.74, 6) is 1.75. The lowest BCUT2D eigenvalue weighted by molar-refractivity contribution is 0.462. The molecular weight excluding hydrogens is 268 g/mol. The van der Waals surface area contributed by atoms with E-state index in [1.54, 1.807) is 11.3 Å². The zero-order chi connectivity index (χ0) is 13.8. The number of fused-ring (bicyclic) bond motifs is 1. The van der Waals surface area contributed by atoms with Crippen LogP contribution in [-0.4, -0.2) is 22.6 Å². The van der Waals surface area contributed by atoms with Gasteiger partial charge in [-0.25, -0.2) is 4.98 Å². The molecule has 1 saturated carbocycles. The van der Waals surface area contributed by atoms with Gasteiger partial charge in [-0.1, -0.05) is 26.2 Å². The minimum Gasteiger partial charge on any atom is -0.367 e. The second-order valence-electron chi connectivity index (χ2n) is 5.44. The Bertz CT molecular complexity index is 560. The van der Waals surface area contributed by atoms with E-state index in [0.717, 1.165) is 34.9 Å². The van der Waals surface area contributed by atoms with Crippen LogP contribution in [0.15, 0.2) is 11.4 Å². The molecule has 108 valence electrons. The van der Waals surface area contributed by atoms with Gasteiger partial charge in [0.05, 0.1) is 5.39 Å². The summed E-state index contributed by atoms with van der Waals surface area (Å²) in [6.07, 6.45) is 7.63. The molecule has 1 aliphatic carbocycles. The highest BCUT2D eigenvalue weighted by atomic mass is 32.1. The van der Waals surface area contributed by atoms with Crippen molar-refractivity contribution in [2.45, 2.75) is 51.5 Å². The third kappa shape index (κ3) is 3.03. The van der Waals surface area contributed by atoms with Crippen LogP contribution in [0.3, 0.4) is 0 Å². The van der Waals surface area contributed by atoms with E-state index in [1.165, 1.54) is 32.1 Å². The standard InChI is InChI=1S/C15H22N4S/c1-2-9-16-15-18-13(12-8-10-20-14(12)19-15)17-11-6-4-3-5-7-11/h8,10-11H,2-7,9H2,1H3,(H2,16,17,18,19). The molecule has 0 aromatic carbocycles. The molecule has 0 unspecified atom stereocenters. The zero-order valence-corrected chi connectivity index (χ0v) is 12.8. The number of rotatable bonds is 5. The molecule has 1 aliphatic rings. The van der Waals surface area contributed by atoms with Crippen molar-refractivity contribution in [3.8, 4) is 0 Å². The van der Waals surface area contributed by atoms with Crippen molar-refractivity contribution >= 4 is 33.3 Å². The van der Waals surface area contributed by atoms with Crippen LogP contribution in [0.4, 0.5) is 11.8 Å². The molecule has 0 aliphatic heterocycles. The van der Waals surface area contributed by atoms with E-state index in [2.05, 4.69) is 39.0 Å². The van der Waals surface area contributed by atoms with Crippen LogP contribution in [0.25, 0.3) is 10.2 Å². The first-order chi connectivity index (χ1) is 9.86. The molecule has 5 heteroatoms. The van der Waals surface area contributed by atoms with Gasteiger partial charge in [-0.15, -0.1) is 11.3 Å². The minimum atomic E-state index is 0.570. The number of aromatic nitrogens is 2. The molecule has 4 nitrogen and oxygen atoms in total. The predicted molar refractivity (Wildman–Crippen MR) is 86.7 cm³/mol. The Labute approximate surface area is 124 Å². The Morgan fingerprint density at radius 1 is 1.25 bits per heavy atom. The van der Waals surface area contributed by atoms with Crippen molar-refractivity contribution in [3.63, 3.8) is 0 Å². The lowest BCUT2D eigenvalue weighted by atomic mass is 9.95. The molecule has 2 aromatic rings. The van der Waals surface area contributed by atoms with Crippen LogP contribution >= 0.6 is 11.3 Å². The largest absolute Gasteiger partial charge is 0.367 e. The second kappa shape index (κ2) is 6.39. The second-order valence-corrected chi connectivity index (χ2v) is 6.34. The average molecular weight is 290 g/mol. The Morgan fingerprint density at radius 3 is 2.90 bits per heavy atom. The maximum atomic E-state index is 4.68. The van der Waals surface area contributed by atoms with Gasteiger partial charge in [-0.3, -0.25) is 0 Å². The fraction of sp³-hybridized carbons (Fsp3) is 0.600. The minimum absolute atomic E-state index is 0.570. The highest BCUT2D eigenvalue weighted by molar-refractivity contribution is 7.16. The van der Waals surface area contributed by atoms with Gasteiger partial charge in [0.15, 0.2) is 0 Å². The highest BCUT2D eigenvalue weighted by Crippen LogP contribution is 2.29. The number of anilines is 2. The van der Waals surface area contributed by atoms with Crippen LogP contribution in [0, 0.1) is 0 Å². The summed E-state index contributed by atoms with van der Waals surface area (Å²) in [6, 6.07) is 2.69. The predicted octanol–water partition coefficient (Wildman–Crippen LogP) is 4.26. The third-order valence-corrected chi connectivity index (χ3v) is 4.61. The Morgan fingerprint density at radius 2 is 2.10 bits per heavy atom. The first-order valence-corrected chi connectivity index (χ1v) is 8.50. The molecule has 2 N–H and O–H groups in total. The summed E-state index contributed by atoms with van der Waals surface area (Å²) in [5.41, 5.74) is 0. The van der Waals surface area contributed by atoms with Gasteiger partial charge in [-0.05, 0) is 30.7 Å². The highest BCUT2D eigenvalue weighted by Gasteiger charge is 2.16. The third-order valence-electron chi connectivity index (χ3n) is 3.80. The Hall–Kier alpha value is -1.36. The molecule has 2 aromatic heterocycles. The van der Waals surface area contributed by atoms with E-state index < -0.39 is 0 Å². The summed E-state index contributed by atoms with van der Waals surface area (Å²) in [6.45, 7) is 3.07. The number of nitrogens with one attached hydrogen (secondary N) is 2. The fourth-order valence-electron chi connectivity index (χ4n) is 2.72. The summed E-state index contributed by atoms with van der Waals surface area (Å²) < 4.78 is 0. The molecule has 0 atom stereocenters. The van der Waals surface area contributed by atoms with Gasteiger partial charge in [-0.2, -0.15) is 4.98 Å². The van der Waals surface area contributed by atoms with Crippen molar-refractivity contribution in [3.05, 3.63) is 11.4 Å². The van der Waals surface area contributed by atoms with Gasteiger partial charge in [0.1, 0.15) is 10.6 Å². The van der Waals surface area contributed by atoms with Crippen molar-refractivity contribution < 1.29 is 0 Å². The summed E-state index contributed by atoms with van der Waals surface area (Å²) >= 11 is 1.68. The van der Waals surface area contributed by atoms with Crippen LogP contribution < -0.4 is 10.6 Å². The maximum absolute atomic E-state index is 4.68. The lowest BCUT2D eigenvalue weighted by Gasteiger charge is -2.23. The first-order valence-electron chi connectivity index (χ1n) is 7.62. The van der Waals surface area contributed by atoms with Crippen molar-refractivity contribution in [2.24, 2.45) is 0 Å². The molecule has 2 heterocycles. The monoisotopic (exact) mass is 290 g/mol. The topological polar surface area (TPSA) is 49.8 Å². The zero-order valence-electron chi connectivity index (χ0n) is 12.0. The van der Waals surface area contributed by atoms with E-state index in [0.29, 0.717) is 6.04 Å². The van der Waals surface area contributed by atoms with E-state index in [1.807, 2.05) is 0 Å². The maximum Gasteiger partial charge on any atom is 0.226 e. The number of hydrogen-bond acceptors (Lipinski definition) is 5. The van der Waals surface area contributed by atoms with Gasteiger partial charge >= 0.3 is 0 Å². The van der Waals surface area contributed by atoms with E-state index in [-0.39, 0.29) is 0 Å². The molecule has 20 heavy (non-hydrogen) atoms. The summed E-state index contributed by atoms with van der Waals surface area (Å²) in [7, 11) is 0. The fourth-order valence-corrected chi connectivity index (χ4v) is 3.49. The summed E-state index contributed by atoms with van der Waals surface area (Å²) in [4.78, 5) is 10.3. The Balaban J connectivity index is 1.84. The molecular formula is C15H22N4S. The Kier molecular flexibility index (Phi) is 4.35.